The molecule has 1 aliphatic rings. The molecule has 1 aliphatic carbocycles. The Morgan fingerprint density at radius 2 is 1.97 bits per heavy atom. The van der Waals surface area contributed by atoms with Gasteiger partial charge in [-0.15, -0.1) is 5.10 Å². The van der Waals surface area contributed by atoms with Gasteiger partial charge in [-0.2, -0.15) is 0 Å². The molecule has 0 saturated heterocycles. The molecule has 0 unspecified atom stereocenters. The number of nitrogens with two attached hydrogens (primary N) is 1. The molecular weight excluding hydrogens is 467 g/mol. The van der Waals surface area contributed by atoms with Gasteiger partial charge in [-0.25, -0.2) is 18.9 Å². The van der Waals surface area contributed by atoms with Crippen LogP contribution < -0.4 is 15.8 Å². The van der Waals surface area contributed by atoms with Gasteiger partial charge in [-0.3, -0.25) is 0 Å². The molecule has 190 valence electrons. The van der Waals surface area contributed by atoms with Crippen molar-refractivity contribution in [3.05, 3.63) is 96.2 Å². The number of aryl methyl sites for hydroxylation is 1. The number of nitrogens with zero attached hydrogens (tertiary/aromatic N) is 4. The Labute approximate surface area is 215 Å². The number of ether oxygens (including phenoxy) is 1. The van der Waals surface area contributed by atoms with Gasteiger partial charge in [-0.05, 0) is 49.4 Å². The summed E-state index contributed by atoms with van der Waals surface area (Å²) in [6, 6.07) is 18.3. The first-order chi connectivity index (χ1) is 18.0. The van der Waals surface area contributed by atoms with Gasteiger partial charge >= 0.3 is 0 Å². The van der Waals surface area contributed by atoms with Gasteiger partial charge in [0.15, 0.2) is 17.2 Å². The number of nitrogens with one attached hydrogen (secondary N) is 1. The molecule has 0 bridgehead atoms. The second-order valence-electron chi connectivity index (χ2n) is 9.39. The SMILES string of the molecule is C=C(NCCc1ccccc1)C1(C(N)=Nc2ccc(Oc3ccc4nc(CCC)cn4n3)c(F)c2)CC1. The van der Waals surface area contributed by atoms with E-state index in [9.17, 15) is 4.39 Å². The third-order valence-corrected chi connectivity index (χ3v) is 6.64. The Morgan fingerprint density at radius 1 is 1.16 bits per heavy atom. The molecule has 0 aliphatic heterocycles. The van der Waals surface area contributed by atoms with Crippen molar-refractivity contribution in [1.82, 2.24) is 19.9 Å². The van der Waals surface area contributed by atoms with Gasteiger partial charge in [0, 0.05) is 24.4 Å². The van der Waals surface area contributed by atoms with Gasteiger partial charge < -0.3 is 15.8 Å². The fourth-order valence-electron chi connectivity index (χ4n) is 4.35. The van der Waals surface area contributed by atoms with E-state index in [1.165, 1.54) is 17.7 Å². The highest BCUT2D eigenvalue weighted by Crippen LogP contribution is 2.51. The van der Waals surface area contributed by atoms with E-state index >= 15 is 0 Å². The maximum absolute atomic E-state index is 14.9. The standard InChI is InChI=1S/C29H31FN6O/c1-3-7-23-19-36-26(33-23)12-13-27(35-36)37-25-11-10-22(18-24(25)30)34-28(31)29(15-16-29)20(2)32-17-14-21-8-5-4-6-9-21/h4-6,8-13,18-19,32H,2-3,7,14-17H2,1H3,(H2,31,34). The summed E-state index contributed by atoms with van der Waals surface area (Å²) in [6.45, 7) is 7.07. The predicted octanol–water partition coefficient (Wildman–Crippen LogP) is 5.73. The quantitative estimate of drug-likeness (QED) is 0.204. The third-order valence-electron chi connectivity index (χ3n) is 6.64. The molecule has 37 heavy (non-hydrogen) atoms. The minimum atomic E-state index is -0.544. The van der Waals surface area contributed by atoms with Crippen LogP contribution in [0.2, 0.25) is 0 Å². The van der Waals surface area contributed by atoms with E-state index in [-0.39, 0.29) is 17.0 Å². The van der Waals surface area contributed by atoms with E-state index in [4.69, 9.17) is 10.5 Å². The summed E-state index contributed by atoms with van der Waals surface area (Å²) < 4.78 is 22.2. The first-order valence-electron chi connectivity index (χ1n) is 12.6. The Kier molecular flexibility index (Phi) is 6.90. The van der Waals surface area contributed by atoms with Crippen molar-refractivity contribution >= 4 is 17.2 Å². The van der Waals surface area contributed by atoms with Crippen molar-refractivity contribution < 1.29 is 9.13 Å². The lowest BCUT2D eigenvalue weighted by Crippen LogP contribution is -2.33. The van der Waals surface area contributed by atoms with E-state index < -0.39 is 5.82 Å². The summed E-state index contributed by atoms with van der Waals surface area (Å²) in [7, 11) is 0. The number of halogens is 1. The van der Waals surface area contributed by atoms with E-state index in [2.05, 4.69) is 46.0 Å². The topological polar surface area (TPSA) is 89.8 Å². The van der Waals surface area contributed by atoms with Crippen LogP contribution in [-0.2, 0) is 12.8 Å². The van der Waals surface area contributed by atoms with Gasteiger partial charge in [0.25, 0.3) is 0 Å². The fourth-order valence-corrected chi connectivity index (χ4v) is 4.35. The maximum atomic E-state index is 14.9. The molecule has 3 N–H and O–H groups in total. The van der Waals surface area contributed by atoms with E-state index in [1.54, 1.807) is 22.7 Å². The van der Waals surface area contributed by atoms with Crippen LogP contribution in [0.3, 0.4) is 0 Å². The highest BCUT2D eigenvalue weighted by molar-refractivity contribution is 5.93. The number of benzene rings is 2. The van der Waals surface area contributed by atoms with Crippen molar-refractivity contribution in [1.29, 1.82) is 0 Å². The van der Waals surface area contributed by atoms with Crippen LogP contribution >= 0.6 is 0 Å². The zero-order chi connectivity index (χ0) is 25.8. The number of fused-ring (bicyclic) bond motifs is 1. The van der Waals surface area contributed by atoms with Gasteiger partial charge in [0.2, 0.25) is 5.88 Å². The Hall–Kier alpha value is -4.20. The average Bonchev–Trinajstić information content (AvgIpc) is 3.61. The molecule has 5 rings (SSSR count). The highest BCUT2D eigenvalue weighted by atomic mass is 19.1. The molecule has 8 heteroatoms. The Bertz CT molecular complexity index is 1440. The smallest absolute Gasteiger partial charge is 0.237 e. The van der Waals surface area contributed by atoms with Crippen molar-refractivity contribution in [2.24, 2.45) is 16.1 Å². The number of hydrogen-bond acceptors (Lipinski definition) is 5. The monoisotopic (exact) mass is 498 g/mol. The molecule has 0 radical (unpaired) electrons. The third kappa shape index (κ3) is 5.48. The summed E-state index contributed by atoms with van der Waals surface area (Å²) in [5, 5.41) is 7.80. The van der Waals surface area contributed by atoms with Crippen LogP contribution in [0, 0.1) is 11.2 Å². The second-order valence-corrected chi connectivity index (χ2v) is 9.39. The molecule has 4 aromatic rings. The second kappa shape index (κ2) is 10.4. The Balaban J connectivity index is 1.23. The van der Waals surface area contributed by atoms with Crippen molar-refractivity contribution in [2.45, 2.75) is 39.0 Å². The Morgan fingerprint density at radius 3 is 2.70 bits per heavy atom. The highest BCUT2D eigenvalue weighted by Gasteiger charge is 2.49. The van der Waals surface area contributed by atoms with Gasteiger partial charge in [-0.1, -0.05) is 50.3 Å². The summed E-state index contributed by atoms with van der Waals surface area (Å²) >= 11 is 0. The summed E-state index contributed by atoms with van der Waals surface area (Å²) in [5.41, 5.74) is 10.2. The van der Waals surface area contributed by atoms with Gasteiger partial charge in [0.1, 0.15) is 5.84 Å². The first-order valence-corrected chi connectivity index (χ1v) is 12.6. The summed E-state index contributed by atoms with van der Waals surface area (Å²) in [4.78, 5) is 9.03. The van der Waals surface area contributed by atoms with E-state index in [0.717, 1.165) is 55.7 Å². The van der Waals surface area contributed by atoms with Crippen LogP contribution in [0.15, 0.2) is 84.1 Å². The lowest BCUT2D eigenvalue weighted by molar-refractivity contribution is 0.420. The van der Waals surface area contributed by atoms with Gasteiger partial charge in [0.05, 0.1) is 23.0 Å². The number of amidine groups is 1. The molecular formula is C29H31FN6O. The minimum Gasteiger partial charge on any atom is -0.434 e. The molecule has 0 amide bonds. The van der Waals surface area contributed by atoms with Crippen LogP contribution in [0.5, 0.6) is 11.6 Å². The fraction of sp³-hybridized carbons (Fsp3) is 0.276. The number of rotatable bonds is 11. The lowest BCUT2D eigenvalue weighted by atomic mass is 10.0. The number of imidazole rings is 1. The molecule has 0 atom stereocenters. The van der Waals surface area contributed by atoms with Crippen molar-refractivity contribution in [3.63, 3.8) is 0 Å². The van der Waals surface area contributed by atoms with Crippen molar-refractivity contribution in [2.75, 3.05) is 6.54 Å². The van der Waals surface area contributed by atoms with E-state index in [1.807, 2.05) is 24.4 Å². The lowest BCUT2D eigenvalue weighted by Gasteiger charge is -2.20. The predicted molar refractivity (Wildman–Crippen MR) is 144 cm³/mol. The molecule has 2 aromatic carbocycles. The number of aromatic nitrogens is 3. The molecule has 0 spiro atoms. The van der Waals surface area contributed by atoms with E-state index in [0.29, 0.717) is 11.5 Å². The molecule has 1 fully saturated rings. The van der Waals surface area contributed by atoms with Crippen LogP contribution in [0.25, 0.3) is 5.65 Å². The largest absolute Gasteiger partial charge is 0.434 e. The zero-order valence-corrected chi connectivity index (χ0v) is 21.0. The van der Waals surface area contributed by atoms with Crippen LogP contribution in [0.1, 0.15) is 37.4 Å². The average molecular weight is 499 g/mol. The maximum Gasteiger partial charge on any atom is 0.237 e. The van der Waals surface area contributed by atoms with Crippen LogP contribution in [0.4, 0.5) is 10.1 Å². The molecule has 2 heterocycles. The normalized spacial score (nSPS) is 14.5. The summed E-state index contributed by atoms with van der Waals surface area (Å²) in [6.07, 6.45) is 6.36. The number of hydrogen-bond donors (Lipinski definition) is 2. The minimum absolute atomic E-state index is 0.0615. The summed E-state index contributed by atoms with van der Waals surface area (Å²) in [5.74, 6) is 0.231. The zero-order valence-electron chi connectivity index (χ0n) is 21.0. The molecule has 2 aromatic heterocycles. The van der Waals surface area contributed by atoms with Crippen molar-refractivity contribution in [3.8, 4) is 11.6 Å². The number of aliphatic imine (C=N–C) groups is 1. The van der Waals surface area contributed by atoms with Crippen LogP contribution in [-0.4, -0.2) is 27.0 Å². The first kappa shape index (κ1) is 24.5. The molecule has 1 saturated carbocycles. The molecule has 7 nitrogen and oxygen atoms in total.